The SMILES string of the molecule is C[C@H]1c2[nH]c3ccccc3c2CCN1C(=O)CSc1ccc(C(F)(F)F)cn1. The summed E-state index contributed by atoms with van der Waals surface area (Å²) in [6, 6.07) is 10.3. The lowest BCUT2D eigenvalue weighted by Gasteiger charge is -2.33. The van der Waals surface area contributed by atoms with Gasteiger partial charge in [-0.1, -0.05) is 30.0 Å². The predicted octanol–water partition coefficient (Wildman–Crippen LogP) is 4.82. The number of benzene rings is 1. The highest BCUT2D eigenvalue weighted by Gasteiger charge is 2.31. The predicted molar refractivity (Wildman–Crippen MR) is 102 cm³/mol. The number of amides is 1. The van der Waals surface area contributed by atoms with Gasteiger partial charge in [0.15, 0.2) is 0 Å². The van der Waals surface area contributed by atoms with E-state index in [1.807, 2.05) is 30.0 Å². The maximum absolute atomic E-state index is 12.7. The minimum Gasteiger partial charge on any atom is -0.356 e. The Labute approximate surface area is 164 Å². The lowest BCUT2D eigenvalue weighted by molar-refractivity contribution is -0.138. The molecular weight excluding hydrogens is 387 g/mol. The van der Waals surface area contributed by atoms with Gasteiger partial charge in [-0.2, -0.15) is 13.2 Å². The third-order valence-corrected chi connectivity index (χ3v) is 5.99. The molecule has 1 aliphatic heterocycles. The number of carbonyl (C=O) groups is 1. The first-order chi connectivity index (χ1) is 13.3. The number of alkyl halides is 3. The Morgan fingerprint density at radius 3 is 2.79 bits per heavy atom. The summed E-state index contributed by atoms with van der Waals surface area (Å²) in [4.78, 5) is 21.8. The summed E-state index contributed by atoms with van der Waals surface area (Å²) >= 11 is 1.15. The number of thioether (sulfide) groups is 1. The monoisotopic (exact) mass is 405 g/mol. The second-order valence-corrected chi connectivity index (χ2v) is 7.74. The fourth-order valence-corrected chi connectivity index (χ4v) is 4.35. The van der Waals surface area contributed by atoms with Crippen molar-refractivity contribution in [1.29, 1.82) is 0 Å². The minimum atomic E-state index is -4.41. The molecule has 0 aliphatic carbocycles. The number of halogens is 3. The van der Waals surface area contributed by atoms with E-state index in [9.17, 15) is 18.0 Å². The van der Waals surface area contributed by atoms with Gasteiger partial charge >= 0.3 is 6.18 Å². The quantitative estimate of drug-likeness (QED) is 0.636. The molecule has 1 N–H and O–H groups in total. The van der Waals surface area contributed by atoms with Crippen molar-refractivity contribution in [2.24, 2.45) is 0 Å². The number of rotatable bonds is 3. The summed E-state index contributed by atoms with van der Waals surface area (Å²) in [5.41, 5.74) is 2.58. The molecule has 1 aromatic carbocycles. The van der Waals surface area contributed by atoms with Crippen LogP contribution in [0.5, 0.6) is 0 Å². The van der Waals surface area contributed by atoms with Crippen molar-refractivity contribution in [1.82, 2.24) is 14.9 Å². The Morgan fingerprint density at radius 1 is 1.29 bits per heavy atom. The average molecular weight is 405 g/mol. The molecular formula is C20H18F3N3OS. The zero-order chi connectivity index (χ0) is 19.9. The maximum atomic E-state index is 12.7. The Bertz CT molecular complexity index is 1010. The summed E-state index contributed by atoms with van der Waals surface area (Å²) in [5, 5.41) is 1.59. The maximum Gasteiger partial charge on any atom is 0.417 e. The average Bonchev–Trinajstić information content (AvgIpc) is 3.06. The second kappa shape index (κ2) is 7.16. The van der Waals surface area contributed by atoms with Gasteiger partial charge in [-0.15, -0.1) is 0 Å². The van der Waals surface area contributed by atoms with Crippen LogP contribution in [0.25, 0.3) is 10.9 Å². The molecule has 0 saturated carbocycles. The van der Waals surface area contributed by atoms with Crippen LogP contribution in [0.4, 0.5) is 13.2 Å². The molecule has 3 heterocycles. The van der Waals surface area contributed by atoms with E-state index in [4.69, 9.17) is 0 Å². The van der Waals surface area contributed by atoms with Gasteiger partial charge in [0.1, 0.15) is 0 Å². The van der Waals surface area contributed by atoms with E-state index in [0.29, 0.717) is 11.6 Å². The summed E-state index contributed by atoms with van der Waals surface area (Å²) in [7, 11) is 0. The number of nitrogens with one attached hydrogen (secondary N) is 1. The molecule has 0 unspecified atom stereocenters. The van der Waals surface area contributed by atoms with Gasteiger partial charge in [0.2, 0.25) is 5.91 Å². The molecule has 0 spiro atoms. The number of fused-ring (bicyclic) bond motifs is 3. The molecule has 4 nitrogen and oxygen atoms in total. The van der Waals surface area contributed by atoms with Crippen molar-refractivity contribution in [3.63, 3.8) is 0 Å². The molecule has 1 aliphatic rings. The van der Waals surface area contributed by atoms with Crippen LogP contribution < -0.4 is 0 Å². The molecule has 146 valence electrons. The van der Waals surface area contributed by atoms with E-state index in [2.05, 4.69) is 16.0 Å². The zero-order valence-electron chi connectivity index (χ0n) is 15.1. The first-order valence-corrected chi connectivity index (χ1v) is 9.88. The molecule has 4 rings (SSSR count). The number of hydrogen-bond acceptors (Lipinski definition) is 3. The van der Waals surface area contributed by atoms with Gasteiger partial charge in [0.25, 0.3) is 0 Å². The summed E-state index contributed by atoms with van der Waals surface area (Å²) in [6.07, 6.45) is -2.84. The molecule has 1 atom stereocenters. The highest BCUT2D eigenvalue weighted by molar-refractivity contribution is 7.99. The first-order valence-electron chi connectivity index (χ1n) is 8.89. The largest absolute Gasteiger partial charge is 0.417 e. The number of aromatic nitrogens is 2. The van der Waals surface area contributed by atoms with Crippen molar-refractivity contribution in [2.75, 3.05) is 12.3 Å². The topological polar surface area (TPSA) is 49.0 Å². The molecule has 0 saturated heterocycles. The third kappa shape index (κ3) is 3.48. The van der Waals surface area contributed by atoms with Crippen molar-refractivity contribution in [3.05, 3.63) is 59.4 Å². The lowest BCUT2D eigenvalue weighted by atomic mass is 9.98. The fraction of sp³-hybridized carbons (Fsp3) is 0.300. The second-order valence-electron chi connectivity index (χ2n) is 6.75. The van der Waals surface area contributed by atoms with Crippen molar-refractivity contribution in [3.8, 4) is 0 Å². The number of aromatic amines is 1. The highest BCUT2D eigenvalue weighted by Crippen LogP contribution is 2.35. The molecule has 0 fully saturated rings. The van der Waals surface area contributed by atoms with Gasteiger partial charge in [-0.05, 0) is 37.1 Å². The molecule has 2 aromatic heterocycles. The van der Waals surface area contributed by atoms with Crippen LogP contribution in [-0.2, 0) is 17.4 Å². The Balaban J connectivity index is 1.44. The Morgan fingerprint density at radius 2 is 2.07 bits per heavy atom. The first kappa shape index (κ1) is 18.9. The van der Waals surface area contributed by atoms with Crippen LogP contribution in [0.15, 0.2) is 47.6 Å². The number of carbonyl (C=O) groups excluding carboxylic acids is 1. The van der Waals surface area contributed by atoms with Crippen molar-refractivity contribution in [2.45, 2.75) is 30.6 Å². The molecule has 1 amide bonds. The van der Waals surface area contributed by atoms with E-state index in [1.54, 1.807) is 0 Å². The van der Waals surface area contributed by atoms with Crippen molar-refractivity contribution < 1.29 is 18.0 Å². The van der Waals surface area contributed by atoms with Crippen LogP contribution >= 0.6 is 11.8 Å². The molecule has 0 bridgehead atoms. The van der Waals surface area contributed by atoms with E-state index in [1.165, 1.54) is 17.0 Å². The third-order valence-electron chi connectivity index (χ3n) is 5.06. The fourth-order valence-electron chi connectivity index (χ4n) is 3.62. The van der Waals surface area contributed by atoms with E-state index < -0.39 is 11.7 Å². The van der Waals surface area contributed by atoms with Gasteiger partial charge in [-0.25, -0.2) is 4.98 Å². The number of para-hydroxylation sites is 1. The Hall–Kier alpha value is -2.48. The lowest BCUT2D eigenvalue weighted by Crippen LogP contribution is -2.39. The number of pyridine rings is 1. The summed E-state index contributed by atoms with van der Waals surface area (Å²) in [5.74, 6) is 0.0849. The van der Waals surface area contributed by atoms with Crippen molar-refractivity contribution >= 4 is 28.6 Å². The van der Waals surface area contributed by atoms with Crippen LogP contribution in [0.1, 0.15) is 29.8 Å². The Kier molecular flexibility index (Phi) is 4.82. The summed E-state index contributed by atoms with van der Waals surface area (Å²) < 4.78 is 37.8. The van der Waals surface area contributed by atoms with Crippen LogP contribution in [-0.4, -0.2) is 33.1 Å². The van der Waals surface area contributed by atoms with E-state index >= 15 is 0 Å². The van der Waals surface area contributed by atoms with Crippen LogP contribution in [0, 0.1) is 0 Å². The zero-order valence-corrected chi connectivity index (χ0v) is 15.9. The number of nitrogens with zero attached hydrogens (tertiary/aromatic N) is 2. The number of hydrogen-bond donors (Lipinski definition) is 1. The van der Waals surface area contributed by atoms with E-state index in [-0.39, 0.29) is 17.7 Å². The van der Waals surface area contributed by atoms with Gasteiger partial charge in [0, 0.05) is 29.3 Å². The standard InChI is InChI=1S/C20H18F3N3OS/c1-12-19-15(14-4-2-3-5-16(14)25-19)8-9-26(12)18(27)11-28-17-7-6-13(10-24-17)20(21,22)23/h2-7,10,12,25H,8-9,11H2,1H3/t12-/m0/s1. The normalized spacial score (nSPS) is 17.0. The van der Waals surface area contributed by atoms with Gasteiger partial charge in [0.05, 0.1) is 22.4 Å². The molecule has 0 radical (unpaired) electrons. The van der Waals surface area contributed by atoms with Gasteiger partial charge < -0.3 is 9.88 Å². The number of H-pyrrole nitrogens is 1. The molecule has 8 heteroatoms. The van der Waals surface area contributed by atoms with E-state index in [0.717, 1.165) is 41.7 Å². The molecule has 3 aromatic rings. The van der Waals surface area contributed by atoms with Crippen LogP contribution in [0.2, 0.25) is 0 Å². The smallest absolute Gasteiger partial charge is 0.356 e. The van der Waals surface area contributed by atoms with Gasteiger partial charge in [-0.3, -0.25) is 4.79 Å². The molecule has 28 heavy (non-hydrogen) atoms. The van der Waals surface area contributed by atoms with Crippen LogP contribution in [0.3, 0.4) is 0 Å². The minimum absolute atomic E-state index is 0.0523. The highest BCUT2D eigenvalue weighted by atomic mass is 32.2. The summed E-state index contributed by atoms with van der Waals surface area (Å²) in [6.45, 7) is 2.61.